The van der Waals surface area contributed by atoms with Crippen molar-refractivity contribution in [2.75, 3.05) is 9.80 Å². The number of para-hydroxylation sites is 3. The minimum atomic E-state index is -0.142. The van der Waals surface area contributed by atoms with E-state index in [4.69, 9.17) is 0 Å². The van der Waals surface area contributed by atoms with Crippen LogP contribution in [0.25, 0.3) is 55.6 Å². The van der Waals surface area contributed by atoms with Crippen LogP contribution in [0.4, 0.5) is 34.1 Å². The largest absolute Gasteiger partial charge is 0.311 e. The van der Waals surface area contributed by atoms with Crippen LogP contribution in [-0.4, -0.2) is 0 Å². The van der Waals surface area contributed by atoms with Gasteiger partial charge in [0, 0.05) is 39.4 Å². The van der Waals surface area contributed by atoms with Gasteiger partial charge in [-0.3, -0.25) is 0 Å². The zero-order valence-electron chi connectivity index (χ0n) is 40.1. The van der Waals surface area contributed by atoms with E-state index in [1.165, 1.54) is 66.9 Å². The molecule has 11 rings (SSSR count). The normalized spacial score (nSPS) is 12.5. The lowest BCUT2D eigenvalue weighted by molar-refractivity contribution is 0.589. The van der Waals surface area contributed by atoms with E-state index in [1.54, 1.807) is 0 Å². The first kappa shape index (κ1) is 43.4. The number of hydrogen-bond donors (Lipinski definition) is 0. The van der Waals surface area contributed by atoms with E-state index >= 15 is 0 Å². The highest BCUT2D eigenvalue weighted by atomic mass is 15.1. The Morgan fingerprint density at radius 1 is 0.304 bits per heavy atom. The van der Waals surface area contributed by atoms with Crippen molar-refractivity contribution in [3.63, 3.8) is 0 Å². The maximum atomic E-state index is 2.46. The van der Waals surface area contributed by atoms with Gasteiger partial charge in [0.15, 0.2) is 0 Å². The average molecular weight is 889 g/mol. The molecule has 0 saturated heterocycles. The van der Waals surface area contributed by atoms with Crippen LogP contribution in [0.2, 0.25) is 0 Å². The van der Waals surface area contributed by atoms with Gasteiger partial charge in [-0.2, -0.15) is 0 Å². The molecule has 2 nitrogen and oxygen atoms in total. The maximum absolute atomic E-state index is 2.46. The van der Waals surface area contributed by atoms with E-state index in [9.17, 15) is 0 Å². The van der Waals surface area contributed by atoms with Crippen molar-refractivity contribution in [2.24, 2.45) is 0 Å². The van der Waals surface area contributed by atoms with Crippen LogP contribution >= 0.6 is 0 Å². The fourth-order valence-corrected chi connectivity index (χ4v) is 10.6. The third kappa shape index (κ3) is 8.02. The van der Waals surface area contributed by atoms with E-state index in [0.29, 0.717) is 0 Å². The molecule has 10 aromatic rings. The van der Waals surface area contributed by atoms with Crippen molar-refractivity contribution in [1.82, 2.24) is 0 Å². The first-order valence-corrected chi connectivity index (χ1v) is 24.2. The Hall–Kier alpha value is -8.20. The summed E-state index contributed by atoms with van der Waals surface area (Å²) in [5.41, 5.74) is 22.8. The molecule has 0 atom stereocenters. The smallest absolute Gasteiger partial charge is 0.0543 e. The van der Waals surface area contributed by atoms with E-state index in [2.05, 4.69) is 293 Å². The van der Waals surface area contributed by atoms with Crippen molar-refractivity contribution < 1.29 is 0 Å². The summed E-state index contributed by atoms with van der Waals surface area (Å²) in [5.74, 6) is 0. The van der Waals surface area contributed by atoms with Gasteiger partial charge >= 0.3 is 0 Å². The Kier molecular flexibility index (Phi) is 11.2. The highest BCUT2D eigenvalue weighted by Crippen LogP contribution is 2.57. The molecule has 0 bridgehead atoms. The van der Waals surface area contributed by atoms with Gasteiger partial charge in [-0.05, 0) is 151 Å². The molecule has 1 aliphatic rings. The minimum Gasteiger partial charge on any atom is -0.311 e. The molecule has 10 aromatic carbocycles. The molecule has 0 unspecified atom stereocenters. The van der Waals surface area contributed by atoms with Crippen LogP contribution < -0.4 is 9.80 Å². The quantitative estimate of drug-likeness (QED) is 0.135. The molecule has 0 aliphatic heterocycles. The van der Waals surface area contributed by atoms with E-state index in [-0.39, 0.29) is 10.8 Å². The molecule has 0 amide bonds. The van der Waals surface area contributed by atoms with Crippen LogP contribution in [0.1, 0.15) is 51.3 Å². The lowest BCUT2D eigenvalue weighted by Gasteiger charge is -2.30. The second kappa shape index (κ2) is 17.8. The Morgan fingerprint density at radius 3 is 1.06 bits per heavy atom. The predicted molar refractivity (Wildman–Crippen MR) is 294 cm³/mol. The molecular formula is C67H56N2. The summed E-state index contributed by atoms with van der Waals surface area (Å²) in [6.45, 7) is 11.8. The van der Waals surface area contributed by atoms with E-state index in [0.717, 1.165) is 39.6 Å². The van der Waals surface area contributed by atoms with Gasteiger partial charge in [-0.25, -0.2) is 0 Å². The molecule has 2 heteroatoms. The highest BCUT2D eigenvalue weighted by molar-refractivity contribution is 5.98. The number of rotatable bonds is 10. The molecule has 0 saturated carbocycles. The number of anilines is 6. The fourth-order valence-electron chi connectivity index (χ4n) is 10.6. The van der Waals surface area contributed by atoms with E-state index in [1.807, 2.05) is 0 Å². The van der Waals surface area contributed by atoms with Crippen LogP contribution in [-0.2, 0) is 10.8 Å². The third-order valence-corrected chi connectivity index (χ3v) is 14.0. The molecule has 0 N–H and O–H groups in total. The van der Waals surface area contributed by atoms with Crippen molar-refractivity contribution in [3.05, 3.63) is 265 Å². The Balaban J connectivity index is 1.06. The van der Waals surface area contributed by atoms with Gasteiger partial charge < -0.3 is 9.80 Å². The first-order valence-electron chi connectivity index (χ1n) is 24.2. The summed E-state index contributed by atoms with van der Waals surface area (Å²) < 4.78 is 0. The van der Waals surface area contributed by atoms with Crippen molar-refractivity contribution in [3.8, 4) is 55.6 Å². The number of hydrogen-bond acceptors (Lipinski definition) is 2. The standard InChI is InChI=1S/C67H56N2/c1-66(2,3)60-33-21-34-61-64(60)65-62(67(61,4)5)35-22-36-63(65)69(53-31-19-10-20-32-53)55-43-39-50(40-44-55)59-46-56(47-23-11-6-12-24-47)58(45-57(59)48-25-13-7-14-26-48)49-37-41-54(42-38-49)68(51-27-15-8-16-28-51)52-29-17-9-18-30-52/h6-46H,1-5H3. The van der Waals surface area contributed by atoms with Gasteiger partial charge in [0.2, 0.25) is 0 Å². The molecular weight excluding hydrogens is 833 g/mol. The second-order valence-electron chi connectivity index (χ2n) is 19.7. The molecule has 1 aliphatic carbocycles. The summed E-state index contributed by atoms with van der Waals surface area (Å²) in [5, 5.41) is 0. The molecule has 334 valence electrons. The summed E-state index contributed by atoms with van der Waals surface area (Å²) in [6.07, 6.45) is 0. The third-order valence-electron chi connectivity index (χ3n) is 14.0. The van der Waals surface area contributed by atoms with Crippen molar-refractivity contribution in [1.29, 1.82) is 0 Å². The first-order chi connectivity index (χ1) is 33.6. The Labute approximate surface area is 408 Å². The summed E-state index contributed by atoms with van der Waals surface area (Å²) in [7, 11) is 0. The van der Waals surface area contributed by atoms with Gasteiger partial charge in [-0.15, -0.1) is 0 Å². The lowest BCUT2D eigenvalue weighted by Crippen LogP contribution is -2.17. The molecule has 0 heterocycles. The van der Waals surface area contributed by atoms with Crippen LogP contribution in [0.5, 0.6) is 0 Å². The van der Waals surface area contributed by atoms with Gasteiger partial charge in [-0.1, -0.05) is 204 Å². The fraction of sp³-hybridized carbons (Fsp3) is 0.104. The SMILES string of the molecule is CC(C)(C)c1cccc2c1-c1c(N(c3ccccc3)c3ccc(-c4cc(-c5ccccc5)c(-c5ccc(N(c6ccccc6)c6ccccc6)cc5)cc4-c4ccccc4)cc3)cccc1C2(C)C. The highest BCUT2D eigenvalue weighted by Gasteiger charge is 2.40. The molecule has 69 heavy (non-hydrogen) atoms. The number of nitrogens with zero attached hydrogens (tertiary/aromatic N) is 2. The summed E-state index contributed by atoms with van der Waals surface area (Å²) in [4.78, 5) is 4.78. The van der Waals surface area contributed by atoms with Crippen LogP contribution in [0, 0.1) is 0 Å². The second-order valence-corrected chi connectivity index (χ2v) is 19.7. The van der Waals surface area contributed by atoms with Gasteiger partial charge in [0.1, 0.15) is 0 Å². The Morgan fingerprint density at radius 2 is 0.638 bits per heavy atom. The lowest BCUT2D eigenvalue weighted by atomic mass is 9.79. The van der Waals surface area contributed by atoms with Crippen LogP contribution in [0.15, 0.2) is 249 Å². The van der Waals surface area contributed by atoms with Crippen molar-refractivity contribution >= 4 is 34.1 Å². The topological polar surface area (TPSA) is 6.48 Å². The average Bonchev–Trinajstić information content (AvgIpc) is 3.64. The molecule has 0 aromatic heterocycles. The van der Waals surface area contributed by atoms with Crippen LogP contribution in [0.3, 0.4) is 0 Å². The molecule has 0 spiro atoms. The Bertz CT molecular complexity index is 3350. The monoisotopic (exact) mass is 888 g/mol. The van der Waals surface area contributed by atoms with Crippen molar-refractivity contribution in [2.45, 2.75) is 45.4 Å². The maximum Gasteiger partial charge on any atom is 0.0543 e. The minimum absolute atomic E-state index is 0.0324. The molecule has 0 radical (unpaired) electrons. The number of benzene rings is 10. The van der Waals surface area contributed by atoms with Gasteiger partial charge in [0.25, 0.3) is 0 Å². The van der Waals surface area contributed by atoms with E-state index < -0.39 is 0 Å². The zero-order chi connectivity index (χ0) is 47.1. The molecule has 0 fully saturated rings. The summed E-state index contributed by atoms with van der Waals surface area (Å²) >= 11 is 0. The predicted octanol–water partition coefficient (Wildman–Crippen LogP) is 18.9. The number of fused-ring (bicyclic) bond motifs is 3. The zero-order valence-corrected chi connectivity index (χ0v) is 40.1. The summed E-state index contributed by atoms with van der Waals surface area (Å²) in [6, 6.07) is 90.8. The van der Waals surface area contributed by atoms with Gasteiger partial charge in [0.05, 0.1) is 5.69 Å².